The van der Waals surface area contributed by atoms with Crippen LogP contribution in [0.5, 0.6) is 5.75 Å². The summed E-state index contributed by atoms with van der Waals surface area (Å²) in [5.41, 5.74) is -0.583. The molecule has 1 atom stereocenters. The maximum atomic E-state index is 12.2. The lowest BCUT2D eigenvalue weighted by molar-refractivity contribution is -0.176. The molecule has 1 aliphatic rings. The summed E-state index contributed by atoms with van der Waals surface area (Å²) in [6, 6.07) is 9.14. The molecular weight excluding hydrogens is 274 g/mol. The molecule has 0 bridgehead atoms. The van der Waals surface area contributed by atoms with Gasteiger partial charge in [-0.2, -0.15) is 0 Å². The number of likely N-dealkylation sites (tertiary alicyclic amines) is 1. The Morgan fingerprint density at radius 1 is 1.33 bits per heavy atom. The molecule has 1 amide bonds. The van der Waals surface area contributed by atoms with E-state index in [1.165, 1.54) is 0 Å². The average molecular weight is 293 g/mol. The van der Waals surface area contributed by atoms with Gasteiger partial charge < -0.3 is 19.5 Å². The Bertz CT molecular complexity index is 510. The van der Waals surface area contributed by atoms with Gasteiger partial charge in [0, 0.05) is 0 Å². The Kier molecular flexibility index (Phi) is 4.47. The molecule has 1 heterocycles. The number of nitrogens with zero attached hydrogens (tertiary/aromatic N) is 1. The Balaban J connectivity index is 1.81. The molecule has 1 fully saturated rings. The van der Waals surface area contributed by atoms with Gasteiger partial charge in [0.25, 0.3) is 5.91 Å². The highest BCUT2D eigenvalue weighted by Gasteiger charge is 2.44. The number of para-hydroxylation sites is 1. The summed E-state index contributed by atoms with van der Waals surface area (Å²) in [5.74, 6) is -0.499. The molecule has 1 saturated heterocycles. The number of carbonyl (C=O) groups is 2. The van der Waals surface area contributed by atoms with Crippen molar-refractivity contribution in [3.8, 4) is 5.75 Å². The van der Waals surface area contributed by atoms with Gasteiger partial charge in [-0.15, -0.1) is 0 Å². The summed E-state index contributed by atoms with van der Waals surface area (Å²) >= 11 is 0. The van der Waals surface area contributed by atoms with Gasteiger partial charge in [-0.1, -0.05) is 18.2 Å². The summed E-state index contributed by atoms with van der Waals surface area (Å²) in [6.45, 7) is 3.89. The van der Waals surface area contributed by atoms with E-state index in [9.17, 15) is 9.59 Å². The zero-order valence-electron chi connectivity index (χ0n) is 12.1. The molecule has 0 aromatic heterocycles. The van der Waals surface area contributed by atoms with Crippen LogP contribution in [0.3, 0.4) is 0 Å². The monoisotopic (exact) mass is 293 g/mol. The molecule has 0 spiro atoms. The first-order valence-corrected chi connectivity index (χ1v) is 6.76. The summed E-state index contributed by atoms with van der Waals surface area (Å²) < 4.78 is 10.8. The van der Waals surface area contributed by atoms with Gasteiger partial charge in [-0.3, -0.25) is 4.79 Å². The molecule has 1 aromatic carbocycles. The van der Waals surface area contributed by atoms with Gasteiger partial charge >= 0.3 is 5.97 Å². The first kappa shape index (κ1) is 15.3. The molecule has 21 heavy (non-hydrogen) atoms. The molecule has 1 unspecified atom stereocenters. The van der Waals surface area contributed by atoms with E-state index < -0.39 is 17.7 Å². The molecule has 114 valence electrons. The molecule has 1 aliphatic heterocycles. The van der Waals surface area contributed by atoms with Gasteiger partial charge in [-0.25, -0.2) is 4.79 Å². The van der Waals surface area contributed by atoms with Crippen molar-refractivity contribution in [1.82, 2.24) is 4.90 Å². The van der Waals surface area contributed by atoms with Crippen molar-refractivity contribution in [1.29, 1.82) is 0 Å². The van der Waals surface area contributed by atoms with Crippen LogP contribution in [-0.2, 0) is 14.3 Å². The van der Waals surface area contributed by atoms with Crippen molar-refractivity contribution >= 4 is 11.9 Å². The van der Waals surface area contributed by atoms with Gasteiger partial charge in [-0.05, 0) is 26.0 Å². The van der Waals surface area contributed by atoms with Crippen LogP contribution >= 0.6 is 0 Å². The third-order valence-corrected chi connectivity index (χ3v) is 3.31. The summed E-state index contributed by atoms with van der Waals surface area (Å²) in [7, 11) is 0. The predicted octanol–water partition coefficient (Wildman–Crippen LogP) is 1.16. The lowest BCUT2D eigenvalue weighted by atomic mass is 9.95. The van der Waals surface area contributed by atoms with Crippen LogP contribution in [0.2, 0.25) is 0 Å². The maximum absolute atomic E-state index is 12.2. The van der Waals surface area contributed by atoms with E-state index in [-0.39, 0.29) is 12.5 Å². The van der Waals surface area contributed by atoms with Crippen molar-refractivity contribution in [3.63, 3.8) is 0 Å². The smallest absolute Gasteiger partial charge is 0.329 e. The van der Waals surface area contributed by atoms with Crippen molar-refractivity contribution in [2.75, 3.05) is 19.7 Å². The number of carboxylic acids is 1. The van der Waals surface area contributed by atoms with Gasteiger partial charge in [0.1, 0.15) is 18.0 Å². The molecule has 2 rings (SSSR count). The van der Waals surface area contributed by atoms with Gasteiger partial charge in [0.05, 0.1) is 13.1 Å². The topological polar surface area (TPSA) is 76.1 Å². The van der Waals surface area contributed by atoms with Crippen molar-refractivity contribution in [2.45, 2.75) is 25.6 Å². The minimum Gasteiger partial charge on any atom is -0.481 e. The SMILES string of the molecule is CC(Oc1ccccc1)C(=O)N1CC(C)(OCC(=O)O)C1. The van der Waals surface area contributed by atoms with Gasteiger partial charge in [0.15, 0.2) is 6.10 Å². The van der Waals surface area contributed by atoms with Crippen LogP contribution in [0.4, 0.5) is 0 Å². The van der Waals surface area contributed by atoms with E-state index in [4.69, 9.17) is 14.6 Å². The van der Waals surface area contributed by atoms with Crippen LogP contribution in [0.15, 0.2) is 30.3 Å². The van der Waals surface area contributed by atoms with E-state index in [1.807, 2.05) is 18.2 Å². The highest BCUT2D eigenvalue weighted by atomic mass is 16.5. The van der Waals surface area contributed by atoms with E-state index in [2.05, 4.69) is 0 Å². The number of rotatable bonds is 6. The normalized spacial score (nSPS) is 17.7. The number of hydrogen-bond acceptors (Lipinski definition) is 4. The van der Waals surface area contributed by atoms with E-state index in [0.29, 0.717) is 18.8 Å². The fraction of sp³-hybridized carbons (Fsp3) is 0.467. The summed E-state index contributed by atoms with van der Waals surface area (Å²) in [5, 5.41) is 8.60. The first-order valence-electron chi connectivity index (χ1n) is 6.76. The number of hydrogen-bond donors (Lipinski definition) is 1. The van der Waals surface area contributed by atoms with E-state index in [1.54, 1.807) is 30.9 Å². The maximum Gasteiger partial charge on any atom is 0.329 e. The van der Waals surface area contributed by atoms with Crippen LogP contribution in [-0.4, -0.2) is 53.3 Å². The summed E-state index contributed by atoms with van der Waals surface area (Å²) in [6.07, 6.45) is -0.587. The van der Waals surface area contributed by atoms with Crippen molar-refractivity contribution in [3.05, 3.63) is 30.3 Å². The Morgan fingerprint density at radius 3 is 2.52 bits per heavy atom. The number of carboxylic acid groups (broad SMARTS) is 1. The third-order valence-electron chi connectivity index (χ3n) is 3.31. The molecule has 0 aliphatic carbocycles. The minimum absolute atomic E-state index is 0.129. The second-order valence-corrected chi connectivity index (χ2v) is 5.40. The molecule has 0 radical (unpaired) electrons. The zero-order valence-corrected chi connectivity index (χ0v) is 12.1. The van der Waals surface area contributed by atoms with Crippen LogP contribution in [0.25, 0.3) is 0 Å². The van der Waals surface area contributed by atoms with Gasteiger partial charge in [0.2, 0.25) is 0 Å². The lowest BCUT2D eigenvalue weighted by Gasteiger charge is -2.47. The quantitative estimate of drug-likeness (QED) is 0.851. The van der Waals surface area contributed by atoms with Crippen LogP contribution in [0, 0.1) is 0 Å². The number of aliphatic carboxylic acids is 1. The highest BCUT2D eigenvalue weighted by Crippen LogP contribution is 2.26. The van der Waals surface area contributed by atoms with Crippen LogP contribution in [0.1, 0.15) is 13.8 Å². The first-order chi connectivity index (χ1) is 9.89. The standard InChI is InChI=1S/C15H19NO5/c1-11(21-12-6-4-3-5-7-12)14(19)16-9-15(2,10-16)20-8-13(17)18/h3-7,11H,8-10H2,1-2H3,(H,17,18). The van der Waals surface area contributed by atoms with Crippen molar-refractivity contribution < 1.29 is 24.2 Å². The number of carbonyl (C=O) groups excluding carboxylic acids is 1. The lowest BCUT2D eigenvalue weighted by Crippen LogP contribution is -2.65. The second kappa shape index (κ2) is 6.13. The molecular formula is C15H19NO5. The molecule has 6 heteroatoms. The molecule has 1 N–H and O–H groups in total. The number of benzene rings is 1. The second-order valence-electron chi connectivity index (χ2n) is 5.40. The van der Waals surface area contributed by atoms with Crippen molar-refractivity contribution in [2.24, 2.45) is 0 Å². The highest BCUT2D eigenvalue weighted by molar-refractivity contribution is 5.82. The fourth-order valence-corrected chi connectivity index (χ4v) is 2.25. The minimum atomic E-state index is -1.01. The summed E-state index contributed by atoms with van der Waals surface area (Å²) in [4.78, 5) is 24.3. The third kappa shape index (κ3) is 3.95. The molecule has 1 aromatic rings. The van der Waals surface area contributed by atoms with Crippen LogP contribution < -0.4 is 4.74 Å². The number of ether oxygens (including phenoxy) is 2. The molecule has 0 saturated carbocycles. The number of amides is 1. The Morgan fingerprint density at radius 2 is 1.95 bits per heavy atom. The average Bonchev–Trinajstić information content (AvgIpc) is 2.42. The Hall–Kier alpha value is -2.08. The largest absolute Gasteiger partial charge is 0.481 e. The zero-order chi connectivity index (χ0) is 15.5. The predicted molar refractivity (Wildman–Crippen MR) is 75.1 cm³/mol. The van der Waals surface area contributed by atoms with E-state index in [0.717, 1.165) is 0 Å². The van der Waals surface area contributed by atoms with E-state index >= 15 is 0 Å². The fourth-order valence-electron chi connectivity index (χ4n) is 2.25. The molecule has 6 nitrogen and oxygen atoms in total. The Labute approximate surface area is 123 Å².